The first-order chi connectivity index (χ1) is 9.52. The van der Waals surface area contributed by atoms with Crippen molar-refractivity contribution in [3.63, 3.8) is 0 Å². The monoisotopic (exact) mass is 292 g/mol. The highest BCUT2D eigenvalue weighted by atomic mass is 32.1. The summed E-state index contributed by atoms with van der Waals surface area (Å²) in [5, 5.41) is 3.26. The Balaban J connectivity index is 2.02. The third-order valence-corrected chi connectivity index (χ3v) is 3.55. The second-order valence-corrected chi connectivity index (χ2v) is 5.29. The van der Waals surface area contributed by atoms with E-state index in [0.29, 0.717) is 15.8 Å². The lowest BCUT2D eigenvalue weighted by molar-refractivity contribution is 0.586. The molecule has 0 atom stereocenters. The summed E-state index contributed by atoms with van der Waals surface area (Å²) in [7, 11) is 0. The number of nitrogen functional groups attached to an aromatic ring is 1. The number of nitrogens with zero attached hydrogens (tertiary/aromatic N) is 2. The van der Waals surface area contributed by atoms with Gasteiger partial charge in [-0.25, -0.2) is 18.7 Å². The van der Waals surface area contributed by atoms with Crippen LogP contribution in [0, 0.1) is 18.6 Å². The van der Waals surface area contributed by atoms with Crippen LogP contribution in [0.25, 0.3) is 10.3 Å². The van der Waals surface area contributed by atoms with Gasteiger partial charge in [-0.2, -0.15) is 0 Å². The first-order valence-corrected chi connectivity index (χ1v) is 6.60. The highest BCUT2D eigenvalue weighted by Crippen LogP contribution is 2.28. The van der Waals surface area contributed by atoms with Crippen molar-refractivity contribution in [2.24, 2.45) is 0 Å². The zero-order valence-electron chi connectivity index (χ0n) is 10.4. The van der Waals surface area contributed by atoms with Crippen LogP contribution in [-0.2, 0) is 0 Å². The van der Waals surface area contributed by atoms with Gasteiger partial charge in [-0.15, -0.1) is 0 Å². The molecule has 1 aromatic carbocycles. The molecular weight excluding hydrogens is 282 g/mol. The van der Waals surface area contributed by atoms with E-state index in [1.54, 1.807) is 6.07 Å². The molecule has 2 heterocycles. The largest absolute Gasteiger partial charge is 0.375 e. The molecule has 0 saturated heterocycles. The van der Waals surface area contributed by atoms with Crippen molar-refractivity contribution in [3.8, 4) is 0 Å². The Morgan fingerprint density at radius 3 is 2.75 bits per heavy atom. The summed E-state index contributed by atoms with van der Waals surface area (Å²) in [6.07, 6.45) is 0. The second kappa shape index (κ2) is 4.68. The average Bonchev–Trinajstić information content (AvgIpc) is 2.74. The summed E-state index contributed by atoms with van der Waals surface area (Å²) in [5.74, 6) is -0.833. The lowest BCUT2D eigenvalue weighted by Crippen LogP contribution is -1.97. The van der Waals surface area contributed by atoms with Crippen molar-refractivity contribution in [1.29, 1.82) is 0 Å². The van der Waals surface area contributed by atoms with Crippen molar-refractivity contribution in [2.45, 2.75) is 6.92 Å². The number of rotatable bonds is 2. The molecule has 0 saturated carbocycles. The molecule has 0 fully saturated rings. The predicted molar refractivity (Wildman–Crippen MR) is 76.2 cm³/mol. The van der Waals surface area contributed by atoms with Crippen LogP contribution in [0.15, 0.2) is 24.3 Å². The quantitative estimate of drug-likeness (QED) is 0.757. The minimum absolute atomic E-state index is 0.162. The molecule has 7 heteroatoms. The number of nitrogens with two attached hydrogens (primary N) is 1. The molecule has 0 bridgehead atoms. The summed E-state index contributed by atoms with van der Waals surface area (Å²) >= 11 is 1.26. The molecule has 20 heavy (non-hydrogen) atoms. The number of aromatic nitrogens is 2. The van der Waals surface area contributed by atoms with Crippen LogP contribution in [0.4, 0.5) is 25.4 Å². The Morgan fingerprint density at radius 1 is 1.20 bits per heavy atom. The summed E-state index contributed by atoms with van der Waals surface area (Å²) in [6, 6.07) is 5.07. The Kier molecular flexibility index (Phi) is 2.98. The molecule has 3 rings (SSSR count). The Bertz CT molecular complexity index is 800. The first kappa shape index (κ1) is 12.7. The fourth-order valence-electron chi connectivity index (χ4n) is 1.87. The Hall–Kier alpha value is -2.28. The van der Waals surface area contributed by atoms with Crippen LogP contribution in [0.2, 0.25) is 0 Å². The van der Waals surface area contributed by atoms with Gasteiger partial charge in [0.15, 0.2) is 5.13 Å². The van der Waals surface area contributed by atoms with E-state index >= 15 is 0 Å². The van der Waals surface area contributed by atoms with Gasteiger partial charge < -0.3 is 11.1 Å². The number of thiazole rings is 1. The van der Waals surface area contributed by atoms with Crippen molar-refractivity contribution in [2.75, 3.05) is 11.1 Å². The van der Waals surface area contributed by atoms with Gasteiger partial charge in [-0.3, -0.25) is 0 Å². The SMILES string of the molecule is Cc1cc(Nc2ccc(F)cc2F)nc2sc(N)nc12. The third kappa shape index (κ3) is 2.27. The maximum Gasteiger partial charge on any atom is 0.182 e. The molecule has 0 aliphatic heterocycles. The summed E-state index contributed by atoms with van der Waals surface area (Å²) < 4.78 is 26.5. The van der Waals surface area contributed by atoms with Gasteiger partial charge in [-0.1, -0.05) is 11.3 Å². The van der Waals surface area contributed by atoms with E-state index in [2.05, 4.69) is 15.3 Å². The molecular formula is C13H10F2N4S. The van der Waals surface area contributed by atoms with E-state index in [4.69, 9.17) is 5.73 Å². The fraction of sp³-hybridized carbons (Fsp3) is 0.0769. The number of hydrogen-bond donors (Lipinski definition) is 2. The van der Waals surface area contributed by atoms with Gasteiger partial charge in [0.25, 0.3) is 0 Å². The lowest BCUT2D eigenvalue weighted by atomic mass is 10.2. The number of benzene rings is 1. The zero-order valence-corrected chi connectivity index (χ0v) is 11.3. The van der Waals surface area contributed by atoms with E-state index in [9.17, 15) is 8.78 Å². The van der Waals surface area contributed by atoms with Crippen LogP contribution in [-0.4, -0.2) is 9.97 Å². The molecule has 0 amide bonds. The maximum atomic E-state index is 13.6. The molecule has 2 aromatic heterocycles. The molecule has 3 aromatic rings. The van der Waals surface area contributed by atoms with E-state index in [-0.39, 0.29) is 5.69 Å². The van der Waals surface area contributed by atoms with Crippen LogP contribution in [0.3, 0.4) is 0 Å². The van der Waals surface area contributed by atoms with Crippen molar-refractivity contribution < 1.29 is 8.78 Å². The van der Waals surface area contributed by atoms with Gasteiger partial charge in [0.2, 0.25) is 0 Å². The molecule has 102 valence electrons. The van der Waals surface area contributed by atoms with E-state index < -0.39 is 11.6 Å². The van der Waals surface area contributed by atoms with Gasteiger partial charge in [-0.05, 0) is 30.7 Å². The normalized spacial score (nSPS) is 10.9. The van der Waals surface area contributed by atoms with Crippen molar-refractivity contribution >= 4 is 38.3 Å². The van der Waals surface area contributed by atoms with Crippen molar-refractivity contribution in [3.05, 3.63) is 41.5 Å². The van der Waals surface area contributed by atoms with Crippen LogP contribution >= 0.6 is 11.3 Å². The summed E-state index contributed by atoms with van der Waals surface area (Å²) in [4.78, 5) is 9.17. The van der Waals surface area contributed by atoms with Gasteiger partial charge in [0.05, 0.1) is 5.69 Å². The van der Waals surface area contributed by atoms with Gasteiger partial charge in [0.1, 0.15) is 27.8 Å². The number of halogens is 2. The zero-order chi connectivity index (χ0) is 14.3. The molecule has 0 aliphatic rings. The van der Waals surface area contributed by atoms with Crippen LogP contribution in [0.1, 0.15) is 5.56 Å². The van der Waals surface area contributed by atoms with Crippen molar-refractivity contribution in [1.82, 2.24) is 9.97 Å². The molecule has 3 N–H and O–H groups in total. The highest BCUT2D eigenvalue weighted by Gasteiger charge is 2.10. The lowest BCUT2D eigenvalue weighted by Gasteiger charge is -2.07. The fourth-order valence-corrected chi connectivity index (χ4v) is 2.65. The van der Waals surface area contributed by atoms with E-state index in [0.717, 1.165) is 17.1 Å². The number of aryl methyl sites for hydroxylation is 1. The number of nitrogens with one attached hydrogen (secondary N) is 1. The maximum absolute atomic E-state index is 13.6. The first-order valence-electron chi connectivity index (χ1n) is 5.78. The van der Waals surface area contributed by atoms with Crippen LogP contribution < -0.4 is 11.1 Å². The van der Waals surface area contributed by atoms with E-state index in [1.165, 1.54) is 23.5 Å². The Morgan fingerprint density at radius 2 is 2.00 bits per heavy atom. The van der Waals surface area contributed by atoms with E-state index in [1.807, 2.05) is 6.92 Å². The molecule has 0 unspecified atom stereocenters. The smallest absolute Gasteiger partial charge is 0.182 e. The van der Waals surface area contributed by atoms with Gasteiger partial charge >= 0.3 is 0 Å². The summed E-state index contributed by atoms with van der Waals surface area (Å²) in [5.41, 5.74) is 7.43. The number of fused-ring (bicyclic) bond motifs is 1. The topological polar surface area (TPSA) is 63.8 Å². The molecule has 4 nitrogen and oxygen atoms in total. The number of pyridine rings is 1. The second-order valence-electron chi connectivity index (χ2n) is 4.28. The minimum atomic E-state index is -0.673. The summed E-state index contributed by atoms with van der Waals surface area (Å²) in [6.45, 7) is 1.87. The van der Waals surface area contributed by atoms with Gasteiger partial charge in [0, 0.05) is 6.07 Å². The highest BCUT2D eigenvalue weighted by molar-refractivity contribution is 7.21. The number of anilines is 3. The van der Waals surface area contributed by atoms with Crippen LogP contribution in [0.5, 0.6) is 0 Å². The average molecular weight is 292 g/mol. The molecule has 0 aliphatic carbocycles. The molecule has 0 radical (unpaired) electrons. The molecule has 0 spiro atoms. The standard InChI is InChI=1S/C13H10F2N4S/c1-6-4-10(18-12-11(6)19-13(16)20-12)17-9-3-2-7(14)5-8(9)15/h2-5H,1H3,(H2,16,19)(H,17,18). The predicted octanol–water partition coefficient (Wildman–Crippen LogP) is 3.60. The number of hydrogen-bond acceptors (Lipinski definition) is 5. The Labute approximate surface area is 117 Å². The third-order valence-electron chi connectivity index (χ3n) is 2.77. The minimum Gasteiger partial charge on any atom is -0.375 e.